The fourth-order valence-electron chi connectivity index (χ4n) is 4.57. The van der Waals surface area contributed by atoms with E-state index in [1.165, 1.54) is 67.8 Å². The molecule has 1 atom stereocenters. The monoisotopic (exact) mass is 360 g/mol. The fraction of sp³-hybridized carbons (Fsp3) is 0.619. The van der Waals surface area contributed by atoms with Crippen LogP contribution < -0.4 is 0 Å². The van der Waals surface area contributed by atoms with E-state index in [0.29, 0.717) is 0 Å². The first-order valence-corrected chi connectivity index (χ1v) is 10.0. The van der Waals surface area contributed by atoms with Gasteiger partial charge in [-0.1, -0.05) is 66.7 Å². The van der Waals surface area contributed by atoms with Crippen LogP contribution in [0.3, 0.4) is 0 Å². The molecule has 120 valence electrons. The van der Waals surface area contributed by atoms with Crippen LogP contribution in [-0.2, 0) is 0 Å². The zero-order valence-electron chi connectivity index (χ0n) is 13.9. The van der Waals surface area contributed by atoms with E-state index in [1.807, 2.05) is 0 Å². The van der Waals surface area contributed by atoms with Crippen molar-refractivity contribution in [1.82, 2.24) is 0 Å². The molecule has 2 aliphatic carbocycles. The number of halogens is 1. The molecule has 0 bridgehead atoms. The predicted octanol–water partition coefficient (Wildman–Crippen LogP) is 7.24. The smallest absolute Gasteiger partial charge is 0.0175 e. The summed E-state index contributed by atoms with van der Waals surface area (Å²) in [5, 5.41) is 0. The van der Waals surface area contributed by atoms with Gasteiger partial charge in [-0.05, 0) is 73.1 Å². The molecule has 1 fully saturated rings. The van der Waals surface area contributed by atoms with Crippen LogP contribution in [0.4, 0.5) is 0 Å². The molecule has 1 unspecified atom stereocenters. The second-order valence-corrected chi connectivity index (χ2v) is 8.26. The SMILES string of the molecule is CCCC1CCC(C2CC=C(c3ccc(Br)cc3)CC2)CC1. The molecule has 0 nitrogen and oxygen atoms in total. The zero-order valence-corrected chi connectivity index (χ0v) is 15.4. The molecule has 1 saturated carbocycles. The number of allylic oxidation sites excluding steroid dienone is 2. The van der Waals surface area contributed by atoms with Crippen molar-refractivity contribution in [2.45, 2.75) is 64.7 Å². The Morgan fingerprint density at radius 2 is 1.68 bits per heavy atom. The molecular weight excluding hydrogens is 332 g/mol. The highest BCUT2D eigenvalue weighted by Crippen LogP contribution is 2.42. The van der Waals surface area contributed by atoms with Gasteiger partial charge >= 0.3 is 0 Å². The van der Waals surface area contributed by atoms with E-state index in [9.17, 15) is 0 Å². The summed E-state index contributed by atoms with van der Waals surface area (Å²) in [5.41, 5.74) is 3.00. The summed E-state index contributed by atoms with van der Waals surface area (Å²) >= 11 is 3.53. The molecule has 0 heterocycles. The zero-order chi connectivity index (χ0) is 15.4. The van der Waals surface area contributed by atoms with Gasteiger partial charge in [-0.3, -0.25) is 0 Å². The third-order valence-corrected chi connectivity index (χ3v) is 6.45. The Kier molecular flexibility index (Phi) is 5.79. The van der Waals surface area contributed by atoms with E-state index in [-0.39, 0.29) is 0 Å². The minimum atomic E-state index is 0.960. The minimum absolute atomic E-state index is 0.960. The molecule has 0 spiro atoms. The van der Waals surface area contributed by atoms with Gasteiger partial charge in [-0.2, -0.15) is 0 Å². The van der Waals surface area contributed by atoms with Gasteiger partial charge in [0, 0.05) is 4.47 Å². The summed E-state index contributed by atoms with van der Waals surface area (Å²) in [6, 6.07) is 8.84. The van der Waals surface area contributed by atoms with E-state index < -0.39 is 0 Å². The molecule has 0 saturated heterocycles. The highest BCUT2D eigenvalue weighted by Gasteiger charge is 2.28. The van der Waals surface area contributed by atoms with Gasteiger partial charge in [-0.15, -0.1) is 0 Å². The Bertz CT molecular complexity index is 491. The van der Waals surface area contributed by atoms with Crippen molar-refractivity contribution in [3.05, 3.63) is 40.4 Å². The van der Waals surface area contributed by atoms with Gasteiger partial charge in [-0.25, -0.2) is 0 Å². The summed E-state index contributed by atoms with van der Waals surface area (Å²) in [6.07, 6.45) is 15.4. The number of hydrogen-bond donors (Lipinski definition) is 0. The first-order valence-electron chi connectivity index (χ1n) is 9.21. The lowest BCUT2D eigenvalue weighted by atomic mass is 9.70. The van der Waals surface area contributed by atoms with Gasteiger partial charge < -0.3 is 0 Å². The van der Waals surface area contributed by atoms with E-state index in [1.54, 1.807) is 5.57 Å². The standard InChI is InChI=1S/C21H29Br/c1-2-3-16-4-6-17(7-5-16)18-8-10-19(11-9-18)20-12-14-21(22)15-13-20/h10,12-18H,2-9,11H2,1H3. The third-order valence-electron chi connectivity index (χ3n) is 5.92. The maximum absolute atomic E-state index is 3.53. The average molecular weight is 361 g/mol. The van der Waals surface area contributed by atoms with Gasteiger partial charge in [0.05, 0.1) is 0 Å². The van der Waals surface area contributed by atoms with Crippen LogP contribution in [-0.4, -0.2) is 0 Å². The highest BCUT2D eigenvalue weighted by atomic mass is 79.9. The van der Waals surface area contributed by atoms with Crippen molar-refractivity contribution in [1.29, 1.82) is 0 Å². The van der Waals surface area contributed by atoms with Crippen LogP contribution in [0, 0.1) is 17.8 Å². The second kappa shape index (κ2) is 7.81. The lowest BCUT2D eigenvalue weighted by Gasteiger charge is -2.35. The number of rotatable bonds is 4. The molecule has 0 N–H and O–H groups in total. The molecule has 0 radical (unpaired) electrons. The van der Waals surface area contributed by atoms with Gasteiger partial charge in [0.1, 0.15) is 0 Å². The quantitative estimate of drug-likeness (QED) is 0.530. The molecule has 1 aromatic carbocycles. The Balaban J connectivity index is 1.54. The predicted molar refractivity (Wildman–Crippen MR) is 99.8 cm³/mol. The third kappa shape index (κ3) is 4.04. The number of hydrogen-bond acceptors (Lipinski definition) is 0. The molecule has 3 rings (SSSR count). The highest BCUT2D eigenvalue weighted by molar-refractivity contribution is 9.10. The molecule has 2 aliphatic rings. The van der Waals surface area contributed by atoms with Crippen molar-refractivity contribution in [2.24, 2.45) is 17.8 Å². The van der Waals surface area contributed by atoms with Crippen LogP contribution in [0.2, 0.25) is 0 Å². The Morgan fingerprint density at radius 3 is 2.27 bits per heavy atom. The molecular formula is C21H29Br. The lowest BCUT2D eigenvalue weighted by Crippen LogP contribution is -2.23. The maximum Gasteiger partial charge on any atom is 0.0175 e. The Morgan fingerprint density at radius 1 is 0.955 bits per heavy atom. The summed E-state index contributed by atoms with van der Waals surface area (Å²) in [5.74, 6) is 3.01. The molecule has 1 aromatic rings. The normalized spacial score (nSPS) is 29.2. The summed E-state index contributed by atoms with van der Waals surface area (Å²) in [6.45, 7) is 2.33. The van der Waals surface area contributed by atoms with E-state index in [0.717, 1.165) is 17.8 Å². The van der Waals surface area contributed by atoms with Crippen LogP contribution in [0.25, 0.3) is 5.57 Å². The fourth-order valence-corrected chi connectivity index (χ4v) is 4.83. The van der Waals surface area contributed by atoms with Crippen molar-refractivity contribution < 1.29 is 0 Å². The van der Waals surface area contributed by atoms with Crippen LogP contribution in [0.5, 0.6) is 0 Å². The van der Waals surface area contributed by atoms with Crippen LogP contribution in [0.15, 0.2) is 34.8 Å². The van der Waals surface area contributed by atoms with Crippen LogP contribution >= 0.6 is 15.9 Å². The molecule has 22 heavy (non-hydrogen) atoms. The first-order chi connectivity index (χ1) is 10.8. The molecule has 0 amide bonds. The van der Waals surface area contributed by atoms with Gasteiger partial charge in [0.2, 0.25) is 0 Å². The number of benzene rings is 1. The largest absolute Gasteiger partial charge is 0.0804 e. The molecule has 1 heteroatoms. The minimum Gasteiger partial charge on any atom is -0.0804 e. The van der Waals surface area contributed by atoms with Gasteiger partial charge in [0.15, 0.2) is 0 Å². The average Bonchev–Trinajstić information content (AvgIpc) is 2.57. The lowest BCUT2D eigenvalue weighted by molar-refractivity contribution is 0.189. The van der Waals surface area contributed by atoms with Gasteiger partial charge in [0.25, 0.3) is 0 Å². The van der Waals surface area contributed by atoms with Crippen molar-refractivity contribution in [2.75, 3.05) is 0 Å². The summed E-state index contributed by atoms with van der Waals surface area (Å²) in [7, 11) is 0. The Labute approximate surface area is 144 Å². The van der Waals surface area contributed by atoms with E-state index in [2.05, 4.69) is 53.2 Å². The molecule has 0 aromatic heterocycles. The van der Waals surface area contributed by atoms with Crippen molar-refractivity contribution in [3.63, 3.8) is 0 Å². The van der Waals surface area contributed by atoms with Crippen LogP contribution in [0.1, 0.15) is 70.3 Å². The first kappa shape index (κ1) is 16.3. The van der Waals surface area contributed by atoms with E-state index in [4.69, 9.17) is 0 Å². The molecule has 0 aliphatic heterocycles. The summed E-state index contributed by atoms with van der Waals surface area (Å²) < 4.78 is 1.18. The van der Waals surface area contributed by atoms with Crippen molar-refractivity contribution in [3.8, 4) is 0 Å². The maximum atomic E-state index is 3.53. The van der Waals surface area contributed by atoms with E-state index >= 15 is 0 Å². The van der Waals surface area contributed by atoms with Crippen molar-refractivity contribution >= 4 is 21.5 Å². The summed E-state index contributed by atoms with van der Waals surface area (Å²) in [4.78, 5) is 0. The topological polar surface area (TPSA) is 0 Å². The Hall–Kier alpha value is -0.560. The second-order valence-electron chi connectivity index (χ2n) is 7.34.